The Bertz CT molecular complexity index is 885. The molecule has 1 N–H and O–H groups in total. The number of nitrogens with zero attached hydrogens (tertiary/aromatic N) is 2. The van der Waals surface area contributed by atoms with E-state index in [4.69, 9.17) is 23.2 Å². The monoisotopic (exact) mass is 396 g/mol. The van der Waals surface area contributed by atoms with E-state index >= 15 is 0 Å². The van der Waals surface area contributed by atoms with Crippen LogP contribution in [0.5, 0.6) is 0 Å². The summed E-state index contributed by atoms with van der Waals surface area (Å²) in [6.07, 6.45) is 0. The Morgan fingerprint density at radius 1 is 1.19 bits per heavy atom. The Balaban J connectivity index is 2.60. The van der Waals surface area contributed by atoms with E-state index in [1.807, 2.05) is 0 Å². The number of anilines is 1. The summed E-state index contributed by atoms with van der Waals surface area (Å²) in [5.41, 5.74) is 0.425. The number of aromatic carboxylic acids is 1. The van der Waals surface area contributed by atoms with Crippen molar-refractivity contribution in [1.29, 1.82) is 0 Å². The maximum atomic E-state index is 12.2. The molecule has 26 heavy (non-hydrogen) atoms. The number of carboxylic acid groups (broad SMARTS) is 1. The number of rotatable bonds is 6. The van der Waals surface area contributed by atoms with Gasteiger partial charge in [-0.25, -0.2) is 4.79 Å². The first-order chi connectivity index (χ1) is 12.2. The molecule has 0 saturated carbocycles. The summed E-state index contributed by atoms with van der Waals surface area (Å²) >= 11 is 12.0. The second-order valence-corrected chi connectivity index (χ2v) is 6.29. The molecule has 2 aromatic rings. The van der Waals surface area contributed by atoms with Crippen LogP contribution in [-0.4, -0.2) is 21.9 Å². The molecule has 136 valence electrons. The molecular formula is C17H14Cl2N2O5. The predicted octanol–water partition coefficient (Wildman–Crippen LogP) is 4.02. The third kappa shape index (κ3) is 4.50. The summed E-state index contributed by atoms with van der Waals surface area (Å²) in [7, 11) is 0. The normalized spacial score (nSPS) is 10.4. The van der Waals surface area contributed by atoms with Gasteiger partial charge in [0.05, 0.1) is 17.8 Å². The van der Waals surface area contributed by atoms with Gasteiger partial charge in [-0.05, 0) is 23.8 Å². The molecule has 0 atom stereocenters. The van der Waals surface area contributed by atoms with Crippen LogP contribution in [0.3, 0.4) is 0 Å². The molecule has 0 saturated heterocycles. The summed E-state index contributed by atoms with van der Waals surface area (Å²) in [6, 6.07) is 8.81. The van der Waals surface area contributed by atoms with E-state index < -0.39 is 23.3 Å². The van der Waals surface area contributed by atoms with Gasteiger partial charge in [0.1, 0.15) is 0 Å². The summed E-state index contributed by atoms with van der Waals surface area (Å²) in [4.78, 5) is 35.4. The molecule has 0 bridgehead atoms. The van der Waals surface area contributed by atoms with Crippen molar-refractivity contribution in [2.75, 3.05) is 4.90 Å². The van der Waals surface area contributed by atoms with Crippen LogP contribution in [0.15, 0.2) is 36.4 Å². The lowest BCUT2D eigenvalue weighted by Gasteiger charge is -2.25. The first-order valence-electron chi connectivity index (χ1n) is 7.39. The van der Waals surface area contributed by atoms with E-state index in [9.17, 15) is 24.8 Å². The number of carbonyl (C=O) groups is 2. The standard InChI is InChI=1S/C17H14Cl2N2O5/c1-10(22)20(8-11-5-6-13(18)7-15(11)19)16-12(9-21(25)26)3-2-4-14(16)17(23)24/h2-7H,8-9H2,1H3,(H,23,24). The van der Waals surface area contributed by atoms with Gasteiger partial charge in [0, 0.05) is 27.5 Å². The second-order valence-electron chi connectivity index (χ2n) is 5.45. The fraction of sp³-hybridized carbons (Fsp3) is 0.176. The van der Waals surface area contributed by atoms with Gasteiger partial charge >= 0.3 is 5.97 Å². The first-order valence-corrected chi connectivity index (χ1v) is 8.15. The van der Waals surface area contributed by atoms with Crippen LogP contribution in [0.4, 0.5) is 5.69 Å². The minimum atomic E-state index is -1.29. The Morgan fingerprint density at radius 3 is 2.42 bits per heavy atom. The van der Waals surface area contributed by atoms with Crippen LogP contribution in [0.1, 0.15) is 28.4 Å². The lowest BCUT2D eigenvalue weighted by Crippen LogP contribution is -2.31. The average molecular weight is 397 g/mol. The van der Waals surface area contributed by atoms with E-state index in [2.05, 4.69) is 0 Å². The van der Waals surface area contributed by atoms with Crippen molar-refractivity contribution in [3.05, 3.63) is 73.2 Å². The van der Waals surface area contributed by atoms with Crippen LogP contribution < -0.4 is 4.90 Å². The molecular weight excluding hydrogens is 383 g/mol. The third-order valence-electron chi connectivity index (χ3n) is 3.64. The van der Waals surface area contributed by atoms with Crippen molar-refractivity contribution in [1.82, 2.24) is 0 Å². The molecule has 0 aliphatic carbocycles. The summed E-state index contributed by atoms with van der Waals surface area (Å²) in [5.74, 6) is -1.77. The Morgan fingerprint density at radius 2 is 1.88 bits per heavy atom. The number of hydrogen-bond donors (Lipinski definition) is 1. The lowest BCUT2D eigenvalue weighted by molar-refractivity contribution is -0.496. The number of nitro groups is 1. The smallest absolute Gasteiger partial charge is 0.337 e. The van der Waals surface area contributed by atoms with Crippen molar-refractivity contribution in [3.63, 3.8) is 0 Å². The lowest BCUT2D eigenvalue weighted by atomic mass is 10.0. The molecule has 0 aliphatic rings. The number of carbonyl (C=O) groups excluding carboxylic acids is 1. The largest absolute Gasteiger partial charge is 0.478 e. The first kappa shape index (κ1) is 19.7. The van der Waals surface area contributed by atoms with Crippen molar-refractivity contribution < 1.29 is 19.6 Å². The molecule has 0 fully saturated rings. The van der Waals surface area contributed by atoms with E-state index in [1.54, 1.807) is 12.1 Å². The number of para-hydroxylation sites is 1. The van der Waals surface area contributed by atoms with Crippen LogP contribution >= 0.6 is 23.2 Å². The molecule has 7 nitrogen and oxygen atoms in total. The molecule has 0 unspecified atom stereocenters. The highest BCUT2D eigenvalue weighted by Gasteiger charge is 2.25. The minimum absolute atomic E-state index is 0.0183. The van der Waals surface area contributed by atoms with Gasteiger partial charge in [0.2, 0.25) is 12.5 Å². The van der Waals surface area contributed by atoms with E-state index in [1.165, 1.54) is 31.2 Å². The third-order valence-corrected chi connectivity index (χ3v) is 4.23. The number of amides is 1. The van der Waals surface area contributed by atoms with Gasteiger partial charge in [-0.3, -0.25) is 14.9 Å². The Hall–Kier alpha value is -2.64. The molecule has 0 radical (unpaired) electrons. The van der Waals surface area contributed by atoms with E-state index in [0.717, 1.165) is 4.90 Å². The zero-order valence-corrected chi connectivity index (χ0v) is 15.1. The van der Waals surface area contributed by atoms with E-state index in [0.29, 0.717) is 15.6 Å². The Kier molecular flexibility index (Phi) is 6.18. The van der Waals surface area contributed by atoms with Gasteiger partial charge in [0.15, 0.2) is 0 Å². The van der Waals surface area contributed by atoms with Crippen molar-refractivity contribution >= 4 is 40.8 Å². The highest BCUT2D eigenvalue weighted by molar-refractivity contribution is 6.35. The molecule has 2 rings (SSSR count). The molecule has 0 aliphatic heterocycles. The van der Waals surface area contributed by atoms with Crippen LogP contribution in [0, 0.1) is 10.1 Å². The summed E-state index contributed by atoms with van der Waals surface area (Å²) in [6.45, 7) is 0.577. The summed E-state index contributed by atoms with van der Waals surface area (Å²) in [5, 5.41) is 21.1. The molecule has 0 aromatic heterocycles. The van der Waals surface area contributed by atoms with Crippen LogP contribution in [0.2, 0.25) is 10.0 Å². The summed E-state index contributed by atoms with van der Waals surface area (Å²) < 4.78 is 0. The van der Waals surface area contributed by atoms with Gasteiger partial charge in [-0.1, -0.05) is 41.4 Å². The van der Waals surface area contributed by atoms with Gasteiger partial charge < -0.3 is 10.0 Å². The Labute approximate surface area is 158 Å². The van der Waals surface area contributed by atoms with E-state index in [-0.39, 0.29) is 23.4 Å². The van der Waals surface area contributed by atoms with Crippen molar-refractivity contribution in [3.8, 4) is 0 Å². The number of hydrogen-bond acceptors (Lipinski definition) is 4. The zero-order chi connectivity index (χ0) is 19.4. The number of halogens is 2. The van der Waals surface area contributed by atoms with Crippen molar-refractivity contribution in [2.45, 2.75) is 20.0 Å². The van der Waals surface area contributed by atoms with Crippen molar-refractivity contribution in [2.24, 2.45) is 0 Å². The maximum absolute atomic E-state index is 12.2. The topological polar surface area (TPSA) is 101 Å². The number of benzene rings is 2. The second kappa shape index (κ2) is 8.16. The molecule has 0 heterocycles. The molecule has 0 spiro atoms. The molecule has 1 amide bonds. The fourth-order valence-electron chi connectivity index (χ4n) is 2.52. The van der Waals surface area contributed by atoms with Gasteiger partial charge in [-0.15, -0.1) is 0 Å². The molecule has 2 aromatic carbocycles. The number of carboxylic acids is 1. The predicted molar refractivity (Wildman–Crippen MR) is 97.4 cm³/mol. The van der Waals surface area contributed by atoms with Crippen LogP contribution in [0.25, 0.3) is 0 Å². The zero-order valence-electron chi connectivity index (χ0n) is 13.6. The quantitative estimate of drug-likeness (QED) is 0.586. The minimum Gasteiger partial charge on any atom is -0.478 e. The SMILES string of the molecule is CC(=O)N(Cc1ccc(Cl)cc1Cl)c1c(C[N+](=O)[O-])cccc1C(=O)O. The molecule has 9 heteroatoms. The van der Waals surface area contributed by atoms with Gasteiger partial charge in [0.25, 0.3) is 0 Å². The van der Waals surface area contributed by atoms with Crippen LogP contribution in [-0.2, 0) is 17.9 Å². The highest BCUT2D eigenvalue weighted by Crippen LogP contribution is 2.30. The highest BCUT2D eigenvalue weighted by atomic mass is 35.5. The van der Waals surface area contributed by atoms with Gasteiger partial charge in [-0.2, -0.15) is 0 Å². The maximum Gasteiger partial charge on any atom is 0.337 e. The average Bonchev–Trinajstić information content (AvgIpc) is 2.53. The fourth-order valence-corrected chi connectivity index (χ4v) is 2.99.